The highest BCUT2D eigenvalue weighted by Crippen LogP contribution is 2.68. The van der Waals surface area contributed by atoms with Crippen molar-refractivity contribution in [3.05, 3.63) is 0 Å². The average molecular weight is 317 g/mol. The van der Waals surface area contributed by atoms with Crippen molar-refractivity contribution in [1.29, 1.82) is 0 Å². The van der Waals surface area contributed by atoms with Crippen molar-refractivity contribution in [2.45, 2.75) is 91.4 Å². The molecule has 1 nitrogen and oxygen atoms in total. The molecule has 0 amide bonds. The number of carbonyl (C=O) groups excluding carboxylic acids is 1. The van der Waals surface area contributed by atoms with Crippen LogP contribution in [0.5, 0.6) is 0 Å². The molecule has 4 fully saturated rings. The predicted octanol–water partition coefficient (Wildman–Crippen LogP) is 6.01. The van der Waals surface area contributed by atoms with Gasteiger partial charge in [-0.05, 0) is 93.3 Å². The Morgan fingerprint density at radius 2 is 1.78 bits per heavy atom. The maximum absolute atomic E-state index is 12.8. The zero-order chi connectivity index (χ0) is 16.2. The lowest BCUT2D eigenvalue weighted by Crippen LogP contribution is -2.55. The fourth-order valence-corrected chi connectivity index (χ4v) is 8.37. The maximum Gasteiger partial charge on any atom is 0.136 e. The van der Waals surface area contributed by atoms with Gasteiger partial charge in [-0.15, -0.1) is 0 Å². The quantitative estimate of drug-likeness (QED) is 0.609. The molecule has 0 aromatic carbocycles. The van der Waals surface area contributed by atoms with Crippen molar-refractivity contribution in [2.75, 3.05) is 0 Å². The number of hydrogen-bond donors (Lipinski definition) is 0. The fraction of sp³-hybridized carbons (Fsp3) is 0.955. The summed E-state index contributed by atoms with van der Waals surface area (Å²) in [4.78, 5) is 12.8. The van der Waals surface area contributed by atoms with Gasteiger partial charge in [0.25, 0.3) is 0 Å². The molecular weight excluding hydrogens is 280 g/mol. The lowest BCUT2D eigenvalue weighted by atomic mass is 9.44. The summed E-state index contributed by atoms with van der Waals surface area (Å²) in [5.74, 6) is 4.73. The Kier molecular flexibility index (Phi) is 3.93. The standard InChI is InChI=1S/C22H36O/c1-4-16-9-11-20-18-10-8-17-7-5-6-13-21(17,3)19(18)12-14-22(16,20)15(2)23/h16-20H,4-14H2,1-3H3/t16-,17+,18+,19-,20-,21-,22-/m0/s1. The smallest absolute Gasteiger partial charge is 0.136 e. The number of Topliss-reactive ketones (excluding diaryl/α,β-unsaturated/α-hetero) is 1. The minimum atomic E-state index is 0.0772. The molecule has 0 saturated heterocycles. The van der Waals surface area contributed by atoms with Crippen LogP contribution in [0.1, 0.15) is 91.4 Å². The van der Waals surface area contributed by atoms with Gasteiger partial charge in [0.1, 0.15) is 5.78 Å². The molecule has 0 bridgehead atoms. The van der Waals surface area contributed by atoms with Gasteiger partial charge >= 0.3 is 0 Å². The monoisotopic (exact) mass is 316 g/mol. The van der Waals surface area contributed by atoms with E-state index in [-0.39, 0.29) is 5.41 Å². The topological polar surface area (TPSA) is 17.1 Å². The van der Waals surface area contributed by atoms with Crippen molar-refractivity contribution < 1.29 is 4.79 Å². The molecule has 4 aliphatic rings. The Labute approximate surface area is 143 Å². The average Bonchev–Trinajstić information content (AvgIpc) is 2.94. The Morgan fingerprint density at radius 3 is 2.52 bits per heavy atom. The van der Waals surface area contributed by atoms with E-state index in [0.717, 1.165) is 23.7 Å². The predicted molar refractivity (Wildman–Crippen MR) is 95.1 cm³/mol. The van der Waals surface area contributed by atoms with E-state index in [1.54, 1.807) is 0 Å². The van der Waals surface area contributed by atoms with Crippen molar-refractivity contribution >= 4 is 5.78 Å². The van der Waals surface area contributed by atoms with Crippen LogP contribution in [0.15, 0.2) is 0 Å². The molecule has 4 saturated carbocycles. The van der Waals surface area contributed by atoms with Gasteiger partial charge < -0.3 is 0 Å². The van der Waals surface area contributed by atoms with E-state index in [9.17, 15) is 4.79 Å². The molecule has 0 N–H and O–H groups in total. The van der Waals surface area contributed by atoms with Gasteiger partial charge in [-0.2, -0.15) is 0 Å². The van der Waals surface area contributed by atoms with Gasteiger partial charge in [-0.3, -0.25) is 4.79 Å². The molecule has 0 radical (unpaired) electrons. The largest absolute Gasteiger partial charge is 0.299 e. The van der Waals surface area contributed by atoms with Crippen LogP contribution < -0.4 is 0 Å². The number of ketones is 1. The molecule has 7 atom stereocenters. The normalized spacial score (nSPS) is 52.4. The number of hydrogen-bond acceptors (Lipinski definition) is 1. The van der Waals surface area contributed by atoms with Crippen LogP contribution in [0.2, 0.25) is 0 Å². The SMILES string of the molecule is CC[C@H]1CC[C@H]2[C@@H]3CC[C@H]4CCCC[C@]4(C)[C@H]3CC[C@]12C(C)=O. The third kappa shape index (κ3) is 2.07. The highest BCUT2D eigenvalue weighted by atomic mass is 16.1. The van der Waals surface area contributed by atoms with E-state index in [2.05, 4.69) is 13.8 Å². The van der Waals surface area contributed by atoms with Gasteiger partial charge in [0.05, 0.1) is 0 Å². The van der Waals surface area contributed by atoms with Crippen LogP contribution in [0.4, 0.5) is 0 Å². The van der Waals surface area contributed by atoms with Crippen LogP contribution in [-0.2, 0) is 4.79 Å². The first-order chi connectivity index (χ1) is 11.0. The minimum absolute atomic E-state index is 0.0772. The molecule has 0 aromatic heterocycles. The highest BCUT2D eigenvalue weighted by molar-refractivity contribution is 5.83. The van der Waals surface area contributed by atoms with Crippen molar-refractivity contribution in [2.24, 2.45) is 40.4 Å². The van der Waals surface area contributed by atoms with Crippen molar-refractivity contribution in [1.82, 2.24) is 0 Å². The van der Waals surface area contributed by atoms with Gasteiger partial charge in [0, 0.05) is 5.41 Å². The summed E-state index contributed by atoms with van der Waals surface area (Å²) in [7, 11) is 0. The summed E-state index contributed by atoms with van der Waals surface area (Å²) >= 11 is 0. The molecular formula is C22H36O. The van der Waals surface area contributed by atoms with Crippen LogP contribution in [0.3, 0.4) is 0 Å². The van der Waals surface area contributed by atoms with E-state index in [0.29, 0.717) is 17.1 Å². The molecule has 1 heteroatoms. The number of carbonyl (C=O) groups is 1. The molecule has 0 heterocycles. The first-order valence-corrected chi connectivity index (χ1v) is 10.5. The third-order valence-corrected chi connectivity index (χ3v) is 9.41. The summed E-state index contributed by atoms with van der Waals surface area (Å²) in [6.45, 7) is 6.89. The summed E-state index contributed by atoms with van der Waals surface area (Å²) in [6.07, 6.45) is 15.2. The number of fused-ring (bicyclic) bond motifs is 5. The van der Waals surface area contributed by atoms with E-state index < -0.39 is 0 Å². The molecule has 23 heavy (non-hydrogen) atoms. The summed E-state index contributed by atoms with van der Waals surface area (Å²) in [5, 5.41) is 0. The minimum Gasteiger partial charge on any atom is -0.299 e. The molecule has 130 valence electrons. The lowest BCUT2D eigenvalue weighted by Gasteiger charge is -2.60. The first kappa shape index (κ1) is 16.2. The summed E-state index contributed by atoms with van der Waals surface area (Å²) in [6, 6.07) is 0. The maximum atomic E-state index is 12.8. The highest BCUT2D eigenvalue weighted by Gasteiger charge is 2.62. The molecule has 4 aliphatic carbocycles. The molecule has 0 unspecified atom stereocenters. The van der Waals surface area contributed by atoms with Crippen LogP contribution in [0.25, 0.3) is 0 Å². The zero-order valence-corrected chi connectivity index (χ0v) is 15.6. The van der Waals surface area contributed by atoms with Gasteiger partial charge in [-0.1, -0.05) is 33.1 Å². The van der Waals surface area contributed by atoms with Crippen LogP contribution in [-0.4, -0.2) is 5.78 Å². The molecule has 4 rings (SSSR count). The van der Waals surface area contributed by atoms with E-state index in [1.165, 1.54) is 70.6 Å². The van der Waals surface area contributed by atoms with Gasteiger partial charge in [0.2, 0.25) is 0 Å². The van der Waals surface area contributed by atoms with E-state index >= 15 is 0 Å². The molecule has 0 aliphatic heterocycles. The van der Waals surface area contributed by atoms with Gasteiger partial charge in [-0.25, -0.2) is 0 Å². The number of rotatable bonds is 2. The van der Waals surface area contributed by atoms with Crippen molar-refractivity contribution in [3.63, 3.8) is 0 Å². The molecule has 0 spiro atoms. The van der Waals surface area contributed by atoms with Gasteiger partial charge in [0.15, 0.2) is 0 Å². The first-order valence-electron chi connectivity index (χ1n) is 10.5. The Morgan fingerprint density at radius 1 is 0.957 bits per heavy atom. The Balaban J connectivity index is 1.68. The van der Waals surface area contributed by atoms with E-state index in [4.69, 9.17) is 0 Å². The third-order valence-electron chi connectivity index (χ3n) is 9.41. The van der Waals surface area contributed by atoms with Crippen LogP contribution in [0, 0.1) is 40.4 Å². The Hall–Kier alpha value is -0.330. The lowest BCUT2D eigenvalue weighted by molar-refractivity contribution is -0.150. The summed E-state index contributed by atoms with van der Waals surface area (Å²) < 4.78 is 0. The van der Waals surface area contributed by atoms with Crippen LogP contribution >= 0.6 is 0 Å². The van der Waals surface area contributed by atoms with Crippen molar-refractivity contribution in [3.8, 4) is 0 Å². The zero-order valence-electron chi connectivity index (χ0n) is 15.6. The molecule has 0 aromatic rings. The second-order valence-corrected chi connectivity index (χ2v) is 9.72. The Bertz CT molecular complexity index is 482. The summed E-state index contributed by atoms with van der Waals surface area (Å²) in [5.41, 5.74) is 0.683. The second kappa shape index (κ2) is 5.60. The second-order valence-electron chi connectivity index (χ2n) is 9.72. The fourth-order valence-electron chi connectivity index (χ4n) is 8.37. The van der Waals surface area contributed by atoms with E-state index in [1.807, 2.05) is 6.92 Å².